The molecule has 0 aliphatic rings. The number of aliphatic hydroxyl groups excluding tert-OH is 1. The van der Waals surface area contributed by atoms with Crippen molar-refractivity contribution in [2.45, 2.75) is 39.7 Å². The minimum Gasteiger partial charge on any atom is -0.392 e. The van der Waals surface area contributed by atoms with Gasteiger partial charge in [-0.25, -0.2) is 14.4 Å². The molecule has 2 N–H and O–H groups in total. The van der Waals surface area contributed by atoms with E-state index in [9.17, 15) is 14.3 Å². The molecule has 0 saturated carbocycles. The highest BCUT2D eigenvalue weighted by atomic mass is 79.9. The molecule has 3 aromatic rings. The molecule has 8 heteroatoms. The second-order valence-electron chi connectivity index (χ2n) is 7.94. The second-order valence-corrected chi connectivity index (χ2v) is 8.86. The normalized spacial score (nSPS) is 11.1. The Morgan fingerprint density at radius 2 is 1.88 bits per heavy atom. The van der Waals surface area contributed by atoms with E-state index >= 15 is 0 Å². The molecule has 0 spiro atoms. The van der Waals surface area contributed by atoms with E-state index in [-0.39, 0.29) is 18.1 Å². The third-order valence-corrected chi connectivity index (χ3v) is 6.36. The van der Waals surface area contributed by atoms with E-state index in [4.69, 9.17) is 0 Å². The van der Waals surface area contributed by atoms with Crippen LogP contribution in [-0.4, -0.2) is 45.5 Å². The van der Waals surface area contributed by atoms with E-state index in [0.717, 1.165) is 47.3 Å². The molecule has 2 aromatic carbocycles. The molecule has 0 atom stereocenters. The average Bonchev–Trinajstić information content (AvgIpc) is 2.84. The summed E-state index contributed by atoms with van der Waals surface area (Å²) >= 11 is 3.44. The van der Waals surface area contributed by atoms with Crippen molar-refractivity contribution in [2.24, 2.45) is 0 Å². The molecule has 0 aliphatic carbocycles. The van der Waals surface area contributed by atoms with Crippen molar-refractivity contribution in [1.29, 1.82) is 0 Å². The maximum Gasteiger partial charge on any atom is 0.258 e. The zero-order chi connectivity index (χ0) is 24.5. The van der Waals surface area contributed by atoms with Crippen LogP contribution in [0.5, 0.6) is 0 Å². The average molecular weight is 529 g/mol. The number of amides is 1. The number of likely N-dealkylation sites (N-methyl/N-ethyl adjacent to an activating group) is 1. The quantitative estimate of drug-likeness (QED) is 0.374. The van der Waals surface area contributed by atoms with E-state index in [1.807, 2.05) is 24.3 Å². The minimum absolute atomic E-state index is 0.102. The number of nitrogens with one attached hydrogen (secondary N) is 1. The molecule has 6 nitrogen and oxygen atoms in total. The van der Waals surface area contributed by atoms with Crippen LogP contribution in [0.25, 0.3) is 0 Å². The topological polar surface area (TPSA) is 78.4 Å². The summed E-state index contributed by atoms with van der Waals surface area (Å²) in [7, 11) is 0. The summed E-state index contributed by atoms with van der Waals surface area (Å²) in [4.78, 5) is 24.0. The highest BCUT2D eigenvalue weighted by Gasteiger charge is 2.17. The van der Waals surface area contributed by atoms with E-state index in [0.29, 0.717) is 18.4 Å². The summed E-state index contributed by atoms with van der Waals surface area (Å²) in [6, 6.07) is 11.9. The maximum absolute atomic E-state index is 14.7. The first kappa shape index (κ1) is 25.9. The van der Waals surface area contributed by atoms with Crippen LogP contribution in [0.15, 0.2) is 53.1 Å². The lowest BCUT2D eigenvalue weighted by molar-refractivity contribution is 0.102. The zero-order valence-corrected chi connectivity index (χ0v) is 21.1. The fourth-order valence-corrected chi connectivity index (χ4v) is 4.25. The Morgan fingerprint density at radius 3 is 2.62 bits per heavy atom. The Bertz CT molecular complexity index is 1120. The van der Waals surface area contributed by atoms with Gasteiger partial charge in [0.25, 0.3) is 5.91 Å². The Labute approximate surface area is 208 Å². The van der Waals surface area contributed by atoms with Crippen LogP contribution in [-0.2, 0) is 25.9 Å². The molecule has 1 aromatic heterocycles. The van der Waals surface area contributed by atoms with Crippen molar-refractivity contribution in [2.75, 3.05) is 25.0 Å². The molecular weight excluding hydrogens is 499 g/mol. The number of hydrogen-bond donors (Lipinski definition) is 2. The molecule has 0 bridgehead atoms. The van der Waals surface area contributed by atoms with Gasteiger partial charge in [-0.05, 0) is 67.4 Å². The first-order valence-corrected chi connectivity index (χ1v) is 12.3. The third-order valence-electron chi connectivity index (χ3n) is 5.86. The van der Waals surface area contributed by atoms with Gasteiger partial charge in [-0.3, -0.25) is 10.1 Å². The summed E-state index contributed by atoms with van der Waals surface area (Å²) in [5.74, 6) is -0.694. The summed E-state index contributed by atoms with van der Waals surface area (Å²) in [6.45, 7) is 6.94. The number of benzene rings is 2. The lowest BCUT2D eigenvalue weighted by atomic mass is 9.96. The fraction of sp³-hybridized carbons (Fsp3) is 0.346. The number of nitrogens with zero attached hydrogens (tertiary/aromatic N) is 3. The van der Waals surface area contributed by atoms with Gasteiger partial charge in [0.05, 0.1) is 6.61 Å². The van der Waals surface area contributed by atoms with Gasteiger partial charge in [-0.2, -0.15) is 0 Å². The Hall–Kier alpha value is -2.68. The zero-order valence-electron chi connectivity index (χ0n) is 19.5. The SMILES string of the molecule is CCN(CC)CCc1ccnc(NC(=O)c2cccc(F)c2CCc2cc(Br)ccc2CO)n1. The van der Waals surface area contributed by atoms with Gasteiger partial charge < -0.3 is 10.0 Å². The van der Waals surface area contributed by atoms with Crippen molar-refractivity contribution >= 4 is 27.8 Å². The largest absolute Gasteiger partial charge is 0.392 e. The number of anilines is 1. The van der Waals surface area contributed by atoms with E-state index < -0.39 is 11.7 Å². The molecule has 1 heterocycles. The van der Waals surface area contributed by atoms with E-state index in [1.54, 1.807) is 12.3 Å². The molecule has 0 saturated heterocycles. The number of hydrogen-bond acceptors (Lipinski definition) is 5. The number of aromatic nitrogens is 2. The molecular formula is C26H30BrFN4O2. The number of halogens is 2. The number of aryl methyl sites for hydroxylation is 1. The lowest BCUT2D eigenvalue weighted by Crippen LogP contribution is -2.25. The molecule has 3 rings (SSSR count). The Kier molecular flexibility index (Phi) is 9.68. The Balaban J connectivity index is 1.75. The number of aliphatic hydroxyl groups is 1. The number of carbonyl (C=O) groups excluding carboxylic acids is 1. The first-order valence-electron chi connectivity index (χ1n) is 11.5. The van der Waals surface area contributed by atoms with Crippen LogP contribution < -0.4 is 5.32 Å². The highest BCUT2D eigenvalue weighted by molar-refractivity contribution is 9.10. The standard InChI is InChI=1S/C26H30BrFN4O2/c1-3-32(4-2)15-13-21-12-14-29-26(30-21)31-25(34)23-6-5-7-24(28)22(23)11-9-18-16-20(27)10-8-19(18)17-33/h5-8,10,12,14,16,33H,3-4,9,11,13,15,17H2,1-2H3,(H,29,30,31,34). The van der Waals surface area contributed by atoms with Crippen molar-refractivity contribution in [3.63, 3.8) is 0 Å². The predicted molar refractivity (Wildman–Crippen MR) is 135 cm³/mol. The molecule has 0 aliphatic heterocycles. The van der Waals surface area contributed by atoms with Crippen LogP contribution in [0.4, 0.5) is 10.3 Å². The number of carbonyl (C=O) groups is 1. The van der Waals surface area contributed by atoms with E-state index in [2.05, 4.69) is 50.0 Å². The Morgan fingerprint density at radius 1 is 1.09 bits per heavy atom. The van der Waals surface area contributed by atoms with Crippen molar-refractivity contribution in [3.8, 4) is 0 Å². The van der Waals surface area contributed by atoms with Crippen LogP contribution in [0.1, 0.15) is 46.6 Å². The van der Waals surface area contributed by atoms with Gasteiger partial charge in [-0.1, -0.05) is 41.9 Å². The van der Waals surface area contributed by atoms with Crippen LogP contribution in [0, 0.1) is 5.82 Å². The second kappa shape index (κ2) is 12.7. The van der Waals surface area contributed by atoms with Crippen molar-refractivity contribution < 1.29 is 14.3 Å². The van der Waals surface area contributed by atoms with Gasteiger partial charge in [-0.15, -0.1) is 0 Å². The highest BCUT2D eigenvalue weighted by Crippen LogP contribution is 2.22. The first-order chi connectivity index (χ1) is 16.4. The molecule has 0 fully saturated rings. The van der Waals surface area contributed by atoms with Gasteiger partial charge in [0, 0.05) is 40.5 Å². The maximum atomic E-state index is 14.7. The van der Waals surface area contributed by atoms with Crippen LogP contribution >= 0.6 is 15.9 Å². The monoisotopic (exact) mass is 528 g/mol. The van der Waals surface area contributed by atoms with Gasteiger partial charge >= 0.3 is 0 Å². The molecule has 34 heavy (non-hydrogen) atoms. The van der Waals surface area contributed by atoms with Crippen LogP contribution in [0.3, 0.4) is 0 Å². The summed E-state index contributed by atoms with van der Waals surface area (Å²) in [5, 5.41) is 12.3. The van der Waals surface area contributed by atoms with Crippen molar-refractivity contribution in [3.05, 3.63) is 86.9 Å². The lowest BCUT2D eigenvalue weighted by Gasteiger charge is -2.17. The van der Waals surface area contributed by atoms with Crippen molar-refractivity contribution in [1.82, 2.24) is 14.9 Å². The summed E-state index contributed by atoms with van der Waals surface area (Å²) < 4.78 is 15.6. The fourth-order valence-electron chi connectivity index (χ4n) is 3.84. The van der Waals surface area contributed by atoms with Gasteiger partial charge in [0.1, 0.15) is 5.82 Å². The van der Waals surface area contributed by atoms with Crippen LogP contribution in [0.2, 0.25) is 0 Å². The molecule has 0 radical (unpaired) electrons. The third kappa shape index (κ3) is 6.91. The predicted octanol–water partition coefficient (Wildman–Crippen LogP) is 4.79. The molecule has 180 valence electrons. The van der Waals surface area contributed by atoms with Gasteiger partial charge in [0.15, 0.2) is 0 Å². The summed E-state index contributed by atoms with van der Waals surface area (Å²) in [5.41, 5.74) is 3.08. The molecule has 1 amide bonds. The minimum atomic E-state index is -0.452. The number of rotatable bonds is 11. The van der Waals surface area contributed by atoms with E-state index in [1.165, 1.54) is 12.1 Å². The van der Waals surface area contributed by atoms with Gasteiger partial charge in [0.2, 0.25) is 5.95 Å². The summed E-state index contributed by atoms with van der Waals surface area (Å²) in [6.07, 6.45) is 3.16. The smallest absolute Gasteiger partial charge is 0.258 e. The molecule has 0 unspecified atom stereocenters.